The number of halogens is 2. The van der Waals surface area contributed by atoms with E-state index < -0.39 is 7.60 Å². The zero-order chi connectivity index (χ0) is 22.7. The SMILES string of the molecule is CCOP(=O)(OCC)c1c2cc(Cl)ccc2c(Cc2ccccc2)n1-c1ccc(Cl)cc1. The Bertz CT molecular complexity index is 1260. The topological polar surface area (TPSA) is 40.5 Å². The van der Waals surface area contributed by atoms with Gasteiger partial charge in [0.2, 0.25) is 0 Å². The van der Waals surface area contributed by atoms with Crippen molar-refractivity contribution >= 4 is 47.0 Å². The van der Waals surface area contributed by atoms with E-state index in [-0.39, 0.29) is 13.2 Å². The van der Waals surface area contributed by atoms with E-state index >= 15 is 0 Å². The van der Waals surface area contributed by atoms with Gasteiger partial charge in [-0.15, -0.1) is 0 Å². The summed E-state index contributed by atoms with van der Waals surface area (Å²) in [6.07, 6.45) is 0.625. The summed E-state index contributed by atoms with van der Waals surface area (Å²) in [7, 11) is -3.66. The molecule has 32 heavy (non-hydrogen) atoms. The van der Waals surface area contributed by atoms with Gasteiger partial charge < -0.3 is 13.6 Å². The zero-order valence-corrected chi connectivity index (χ0v) is 20.3. The molecule has 4 aromatic rings. The molecule has 0 spiro atoms. The third kappa shape index (κ3) is 4.52. The molecule has 0 amide bonds. The summed E-state index contributed by atoms with van der Waals surface area (Å²) in [5, 5.41) is 2.88. The van der Waals surface area contributed by atoms with Crippen LogP contribution in [0.15, 0.2) is 72.8 Å². The Morgan fingerprint density at radius 2 is 1.44 bits per heavy atom. The van der Waals surface area contributed by atoms with Gasteiger partial charge in [0.25, 0.3) is 0 Å². The monoisotopic (exact) mass is 487 g/mol. The molecule has 0 unspecified atom stereocenters. The highest BCUT2D eigenvalue weighted by Crippen LogP contribution is 2.50. The molecule has 0 aliphatic rings. The Labute approximate surface area is 198 Å². The number of benzene rings is 3. The number of rotatable bonds is 8. The lowest BCUT2D eigenvalue weighted by atomic mass is 10.1. The second-order valence-corrected chi connectivity index (χ2v) is 10.1. The molecule has 0 aliphatic heterocycles. The summed E-state index contributed by atoms with van der Waals surface area (Å²) < 4.78 is 27.7. The zero-order valence-electron chi connectivity index (χ0n) is 17.9. The summed E-state index contributed by atoms with van der Waals surface area (Å²) in [5.74, 6) is 0. The Balaban J connectivity index is 2.10. The molecule has 0 bridgehead atoms. The van der Waals surface area contributed by atoms with Gasteiger partial charge in [-0.25, -0.2) is 0 Å². The third-order valence-corrected chi connectivity index (χ3v) is 7.81. The summed E-state index contributed by atoms with van der Waals surface area (Å²) in [6, 6.07) is 23.2. The molecule has 1 aromatic heterocycles. The van der Waals surface area contributed by atoms with Gasteiger partial charge in [-0.3, -0.25) is 4.57 Å². The number of hydrogen-bond acceptors (Lipinski definition) is 3. The summed E-state index contributed by atoms with van der Waals surface area (Å²) in [6.45, 7) is 4.11. The fraction of sp³-hybridized carbons (Fsp3) is 0.200. The van der Waals surface area contributed by atoms with Crippen molar-refractivity contribution in [3.63, 3.8) is 0 Å². The van der Waals surface area contributed by atoms with Crippen LogP contribution in [0.4, 0.5) is 0 Å². The van der Waals surface area contributed by atoms with Crippen LogP contribution in [-0.4, -0.2) is 17.8 Å². The van der Waals surface area contributed by atoms with Gasteiger partial charge in [-0.1, -0.05) is 59.6 Å². The van der Waals surface area contributed by atoms with E-state index in [9.17, 15) is 4.57 Å². The summed E-state index contributed by atoms with van der Waals surface area (Å²) in [4.78, 5) is 0. The predicted molar refractivity (Wildman–Crippen MR) is 133 cm³/mol. The Hall–Kier alpha value is -2.07. The van der Waals surface area contributed by atoms with E-state index in [1.165, 1.54) is 0 Å². The van der Waals surface area contributed by atoms with Crippen molar-refractivity contribution in [2.45, 2.75) is 20.3 Å². The third-order valence-electron chi connectivity index (χ3n) is 5.17. The summed E-state index contributed by atoms with van der Waals surface area (Å²) >= 11 is 12.6. The summed E-state index contributed by atoms with van der Waals surface area (Å²) in [5.41, 5.74) is 3.40. The van der Waals surface area contributed by atoms with E-state index in [0.29, 0.717) is 21.9 Å². The number of nitrogens with zero attached hydrogens (tertiary/aromatic N) is 1. The lowest BCUT2D eigenvalue weighted by molar-refractivity contribution is 0.229. The first kappa shape index (κ1) is 23.1. The number of fused-ring (bicyclic) bond motifs is 1. The van der Waals surface area contributed by atoms with Crippen molar-refractivity contribution < 1.29 is 13.6 Å². The first-order chi connectivity index (χ1) is 15.5. The van der Waals surface area contributed by atoms with E-state index in [1.807, 2.05) is 65.2 Å². The highest BCUT2D eigenvalue weighted by atomic mass is 35.5. The Kier molecular flexibility index (Phi) is 7.09. The molecule has 1 heterocycles. The standard InChI is InChI=1S/C25H24Cl2NO3P/c1-3-30-32(29,31-4-2)25-23-17-20(27)12-15-22(23)24(16-18-8-6-5-7-9-18)28(25)21-13-10-19(26)11-14-21/h5-15,17H,3-4,16H2,1-2H3. The fourth-order valence-corrected chi connectivity index (χ4v) is 6.18. The van der Waals surface area contributed by atoms with Crippen LogP contribution in [0.5, 0.6) is 0 Å². The first-order valence-corrected chi connectivity index (χ1v) is 12.8. The van der Waals surface area contributed by atoms with Crippen LogP contribution >= 0.6 is 30.8 Å². The maximum Gasteiger partial charge on any atom is 0.378 e. The van der Waals surface area contributed by atoms with Crippen LogP contribution in [-0.2, 0) is 20.0 Å². The van der Waals surface area contributed by atoms with E-state index in [0.717, 1.165) is 27.7 Å². The van der Waals surface area contributed by atoms with Crippen LogP contribution in [0.25, 0.3) is 16.5 Å². The van der Waals surface area contributed by atoms with Crippen LogP contribution in [0.3, 0.4) is 0 Å². The van der Waals surface area contributed by atoms with Crippen molar-refractivity contribution in [2.75, 3.05) is 13.2 Å². The van der Waals surface area contributed by atoms with Crippen molar-refractivity contribution in [3.8, 4) is 5.69 Å². The van der Waals surface area contributed by atoms with Gasteiger partial charge in [0.05, 0.1) is 13.2 Å². The Morgan fingerprint density at radius 3 is 2.06 bits per heavy atom. The maximum atomic E-state index is 14.1. The molecule has 4 nitrogen and oxygen atoms in total. The van der Waals surface area contributed by atoms with Gasteiger partial charge in [-0.2, -0.15) is 0 Å². The highest BCUT2D eigenvalue weighted by Gasteiger charge is 2.36. The van der Waals surface area contributed by atoms with Crippen molar-refractivity contribution in [1.82, 2.24) is 4.57 Å². The Morgan fingerprint density at radius 1 is 0.812 bits per heavy atom. The molecule has 0 fully saturated rings. The van der Waals surface area contributed by atoms with E-state index in [2.05, 4.69) is 12.1 Å². The van der Waals surface area contributed by atoms with Crippen LogP contribution in [0.2, 0.25) is 10.0 Å². The quantitative estimate of drug-likeness (QED) is 0.242. The number of aromatic nitrogens is 1. The maximum absolute atomic E-state index is 14.1. The lowest BCUT2D eigenvalue weighted by Crippen LogP contribution is -2.21. The average molecular weight is 488 g/mol. The second kappa shape index (κ2) is 9.82. The van der Waals surface area contributed by atoms with Gasteiger partial charge >= 0.3 is 7.60 Å². The minimum absolute atomic E-state index is 0.249. The molecule has 0 atom stereocenters. The molecular weight excluding hydrogens is 464 g/mol. The fourth-order valence-electron chi connectivity index (χ4n) is 3.92. The predicted octanol–water partition coefficient (Wildman–Crippen LogP) is 7.42. The molecule has 0 N–H and O–H groups in total. The van der Waals surface area contributed by atoms with E-state index in [4.69, 9.17) is 32.2 Å². The van der Waals surface area contributed by atoms with Crippen molar-refractivity contribution in [1.29, 1.82) is 0 Å². The van der Waals surface area contributed by atoms with Crippen LogP contribution in [0, 0.1) is 0 Å². The smallest absolute Gasteiger partial charge is 0.306 e. The van der Waals surface area contributed by atoms with Gasteiger partial charge in [0, 0.05) is 38.6 Å². The largest absolute Gasteiger partial charge is 0.378 e. The molecule has 166 valence electrons. The van der Waals surface area contributed by atoms with Crippen molar-refractivity contribution in [2.24, 2.45) is 0 Å². The van der Waals surface area contributed by atoms with Gasteiger partial charge in [0.15, 0.2) is 0 Å². The number of hydrogen-bond donors (Lipinski definition) is 0. The average Bonchev–Trinajstić information content (AvgIpc) is 3.09. The highest BCUT2D eigenvalue weighted by molar-refractivity contribution is 7.62. The molecule has 0 radical (unpaired) electrons. The van der Waals surface area contributed by atoms with Gasteiger partial charge in [0.1, 0.15) is 5.44 Å². The van der Waals surface area contributed by atoms with Crippen LogP contribution in [0.1, 0.15) is 25.1 Å². The van der Waals surface area contributed by atoms with Crippen molar-refractivity contribution in [3.05, 3.63) is 94.1 Å². The molecule has 0 aliphatic carbocycles. The normalized spacial score (nSPS) is 11.9. The van der Waals surface area contributed by atoms with E-state index in [1.54, 1.807) is 13.8 Å². The minimum Gasteiger partial charge on any atom is -0.306 e. The second-order valence-electron chi connectivity index (χ2n) is 7.27. The van der Waals surface area contributed by atoms with Crippen LogP contribution < -0.4 is 5.44 Å². The molecule has 7 heteroatoms. The first-order valence-electron chi connectivity index (χ1n) is 10.5. The lowest BCUT2D eigenvalue weighted by Gasteiger charge is -2.21. The van der Waals surface area contributed by atoms with Gasteiger partial charge in [-0.05, 0) is 55.8 Å². The molecular formula is C25H24Cl2NO3P. The molecule has 4 rings (SSSR count). The minimum atomic E-state index is -3.66. The molecule has 0 saturated heterocycles. The molecule has 3 aromatic carbocycles. The molecule has 0 saturated carbocycles.